The Labute approximate surface area is 115 Å². The van der Waals surface area contributed by atoms with E-state index in [9.17, 15) is 18.0 Å². The Bertz CT molecular complexity index is 480. The van der Waals surface area contributed by atoms with Gasteiger partial charge in [-0.2, -0.15) is 0 Å². The Kier molecular flexibility index (Phi) is 5.83. The molecule has 0 unspecified atom stereocenters. The van der Waals surface area contributed by atoms with E-state index in [0.29, 0.717) is 6.07 Å². The fourth-order valence-electron chi connectivity index (χ4n) is 1.58. The van der Waals surface area contributed by atoms with Gasteiger partial charge in [0.15, 0.2) is 11.6 Å². The van der Waals surface area contributed by atoms with Crippen LogP contribution in [-0.2, 0) is 9.53 Å². The molecule has 0 amide bonds. The average molecular weight is 298 g/mol. The number of halogens is 4. The van der Waals surface area contributed by atoms with Crippen LogP contribution in [0.2, 0.25) is 0 Å². The second kappa shape index (κ2) is 6.25. The van der Waals surface area contributed by atoms with Gasteiger partial charge in [-0.05, 0) is 26.0 Å². The summed E-state index contributed by atoms with van der Waals surface area (Å²) in [6.45, 7) is 2.74. The van der Waals surface area contributed by atoms with Crippen LogP contribution in [0.3, 0.4) is 0 Å². The molecule has 7 heteroatoms. The third-order valence-corrected chi connectivity index (χ3v) is 2.88. The zero-order valence-electron chi connectivity index (χ0n) is 10.7. The van der Waals surface area contributed by atoms with Crippen molar-refractivity contribution in [1.82, 2.24) is 0 Å². The van der Waals surface area contributed by atoms with Crippen molar-refractivity contribution in [3.8, 4) is 0 Å². The van der Waals surface area contributed by atoms with E-state index in [1.165, 1.54) is 13.8 Å². The van der Waals surface area contributed by atoms with Gasteiger partial charge in [0.05, 0.1) is 18.6 Å². The van der Waals surface area contributed by atoms with Gasteiger partial charge in [-0.1, -0.05) is 0 Å². The van der Waals surface area contributed by atoms with E-state index >= 15 is 0 Å². The number of methoxy groups -OCH3 is 1. The van der Waals surface area contributed by atoms with E-state index in [0.717, 1.165) is 13.2 Å². The number of nitrogens with two attached hydrogens (primary N) is 1. The maximum atomic E-state index is 13.6. The highest BCUT2D eigenvalue weighted by molar-refractivity contribution is 5.85. The summed E-state index contributed by atoms with van der Waals surface area (Å²) in [4.78, 5) is 11.5. The van der Waals surface area contributed by atoms with Gasteiger partial charge in [-0.15, -0.1) is 12.4 Å². The average Bonchev–Trinajstić information content (AvgIpc) is 2.33. The Hall–Kier alpha value is -1.27. The van der Waals surface area contributed by atoms with Crippen LogP contribution in [0.4, 0.5) is 13.2 Å². The summed E-state index contributed by atoms with van der Waals surface area (Å²) in [6, 6.07) is 0.0631. The lowest BCUT2D eigenvalue weighted by atomic mass is 9.80. The van der Waals surface area contributed by atoms with Crippen molar-refractivity contribution in [3.05, 3.63) is 35.1 Å². The highest BCUT2D eigenvalue weighted by Crippen LogP contribution is 2.35. The van der Waals surface area contributed by atoms with Gasteiger partial charge in [-0.3, -0.25) is 4.79 Å². The van der Waals surface area contributed by atoms with E-state index in [4.69, 9.17) is 5.73 Å². The minimum atomic E-state index is -1.39. The molecule has 0 radical (unpaired) electrons. The normalized spacial score (nSPS) is 12.6. The number of benzene rings is 1. The van der Waals surface area contributed by atoms with Crippen molar-refractivity contribution in [2.45, 2.75) is 19.9 Å². The molecule has 0 saturated heterocycles. The molecule has 108 valence electrons. The summed E-state index contributed by atoms with van der Waals surface area (Å²) in [5.74, 6) is -4.35. The third kappa shape index (κ3) is 3.19. The molecule has 2 N–H and O–H groups in total. The largest absolute Gasteiger partial charge is 0.469 e. The molecule has 0 aliphatic carbocycles. The van der Waals surface area contributed by atoms with Crippen LogP contribution in [-0.4, -0.2) is 13.1 Å². The van der Waals surface area contributed by atoms with Crippen LogP contribution in [0.5, 0.6) is 0 Å². The number of carbonyl (C=O) groups excluding carboxylic acids is 1. The molecule has 0 aromatic heterocycles. The van der Waals surface area contributed by atoms with Crippen LogP contribution in [0.25, 0.3) is 0 Å². The first-order valence-corrected chi connectivity index (χ1v) is 5.20. The standard InChI is InChI=1S/C12H14F3NO2.ClH/c1-12(2,11(17)18-3)10(16)8-6(13)4-5-7(14)9(8)15;/h4-5,10H,16H2,1-3H3;1H/t10-;/m1./s1. The molecule has 0 aliphatic rings. The first-order chi connectivity index (χ1) is 8.23. The minimum absolute atomic E-state index is 0. The summed E-state index contributed by atoms with van der Waals surface area (Å²) in [6.07, 6.45) is 0. The molecule has 3 nitrogen and oxygen atoms in total. The number of ether oxygens (including phenoxy) is 1. The lowest BCUT2D eigenvalue weighted by Crippen LogP contribution is -2.38. The van der Waals surface area contributed by atoms with Gasteiger partial charge >= 0.3 is 5.97 Å². The predicted molar refractivity (Wildman–Crippen MR) is 66.3 cm³/mol. The molecule has 1 atom stereocenters. The van der Waals surface area contributed by atoms with E-state index < -0.39 is 40.4 Å². The van der Waals surface area contributed by atoms with Crippen molar-refractivity contribution in [1.29, 1.82) is 0 Å². The maximum absolute atomic E-state index is 13.6. The van der Waals surface area contributed by atoms with E-state index in [1.54, 1.807) is 0 Å². The summed E-state index contributed by atoms with van der Waals surface area (Å²) in [7, 11) is 1.13. The monoisotopic (exact) mass is 297 g/mol. The SMILES string of the molecule is COC(=O)C(C)(C)[C@H](N)c1c(F)ccc(F)c1F.Cl. The number of hydrogen-bond acceptors (Lipinski definition) is 3. The van der Waals surface area contributed by atoms with Gasteiger partial charge in [0.1, 0.15) is 5.82 Å². The molecule has 19 heavy (non-hydrogen) atoms. The molecule has 0 aliphatic heterocycles. The Morgan fingerprint density at radius 2 is 1.74 bits per heavy atom. The van der Waals surface area contributed by atoms with Crippen molar-refractivity contribution in [2.75, 3.05) is 7.11 Å². The molecule has 1 rings (SSSR count). The quantitative estimate of drug-likeness (QED) is 0.689. The highest BCUT2D eigenvalue weighted by Gasteiger charge is 2.39. The first kappa shape index (κ1) is 17.7. The smallest absolute Gasteiger partial charge is 0.313 e. The Morgan fingerprint density at radius 3 is 2.21 bits per heavy atom. The Balaban J connectivity index is 0.00000324. The molecule has 0 heterocycles. The zero-order chi connectivity index (χ0) is 14.1. The summed E-state index contributed by atoms with van der Waals surface area (Å²) in [5.41, 5.74) is 3.63. The van der Waals surface area contributed by atoms with Gasteiger partial charge in [0, 0.05) is 5.56 Å². The molecular weight excluding hydrogens is 283 g/mol. The topological polar surface area (TPSA) is 52.3 Å². The molecule has 0 spiro atoms. The van der Waals surface area contributed by atoms with Gasteiger partial charge < -0.3 is 10.5 Å². The molecule has 0 saturated carbocycles. The van der Waals surface area contributed by atoms with Gasteiger partial charge in [0.2, 0.25) is 0 Å². The van der Waals surface area contributed by atoms with Crippen LogP contribution >= 0.6 is 12.4 Å². The minimum Gasteiger partial charge on any atom is -0.469 e. The molecular formula is C12H15ClF3NO2. The fraction of sp³-hybridized carbons (Fsp3) is 0.417. The van der Waals surface area contributed by atoms with Crippen molar-refractivity contribution in [3.63, 3.8) is 0 Å². The predicted octanol–water partition coefficient (Wildman–Crippen LogP) is 2.72. The summed E-state index contributed by atoms with van der Waals surface area (Å²) >= 11 is 0. The second-order valence-electron chi connectivity index (χ2n) is 4.45. The molecule has 0 fully saturated rings. The van der Waals surface area contributed by atoms with E-state index in [1.807, 2.05) is 0 Å². The van der Waals surface area contributed by atoms with Crippen molar-refractivity contribution < 1.29 is 22.7 Å². The molecule has 0 bridgehead atoms. The fourth-order valence-corrected chi connectivity index (χ4v) is 1.58. The number of carbonyl (C=O) groups is 1. The van der Waals surface area contributed by atoms with Gasteiger partial charge in [-0.25, -0.2) is 13.2 Å². The van der Waals surface area contributed by atoms with Crippen molar-refractivity contribution in [2.24, 2.45) is 11.1 Å². The summed E-state index contributed by atoms with van der Waals surface area (Å²) < 4.78 is 44.7. The van der Waals surface area contributed by atoms with Crippen LogP contribution < -0.4 is 5.73 Å². The third-order valence-electron chi connectivity index (χ3n) is 2.88. The van der Waals surface area contributed by atoms with Crippen LogP contribution in [0.15, 0.2) is 12.1 Å². The zero-order valence-corrected chi connectivity index (χ0v) is 11.5. The van der Waals surface area contributed by atoms with Crippen LogP contribution in [0, 0.1) is 22.9 Å². The van der Waals surface area contributed by atoms with Gasteiger partial charge in [0.25, 0.3) is 0 Å². The lowest BCUT2D eigenvalue weighted by Gasteiger charge is -2.29. The molecule has 1 aromatic carbocycles. The second-order valence-corrected chi connectivity index (χ2v) is 4.45. The van der Waals surface area contributed by atoms with E-state index in [2.05, 4.69) is 4.74 Å². The molecule has 1 aromatic rings. The van der Waals surface area contributed by atoms with Crippen LogP contribution in [0.1, 0.15) is 25.5 Å². The highest BCUT2D eigenvalue weighted by atomic mass is 35.5. The first-order valence-electron chi connectivity index (χ1n) is 5.20. The Morgan fingerprint density at radius 1 is 1.26 bits per heavy atom. The number of esters is 1. The van der Waals surface area contributed by atoms with Crippen molar-refractivity contribution >= 4 is 18.4 Å². The maximum Gasteiger partial charge on any atom is 0.313 e. The summed E-state index contributed by atoms with van der Waals surface area (Å²) in [5, 5.41) is 0. The van der Waals surface area contributed by atoms with E-state index in [-0.39, 0.29) is 12.4 Å². The number of hydrogen-bond donors (Lipinski definition) is 1. The number of rotatable bonds is 3. The lowest BCUT2D eigenvalue weighted by molar-refractivity contribution is -0.152.